The molecule has 1 atom stereocenters. The van der Waals surface area contributed by atoms with Crippen molar-refractivity contribution in [3.05, 3.63) is 89.7 Å². The third-order valence-corrected chi connectivity index (χ3v) is 7.87. The van der Waals surface area contributed by atoms with Crippen LogP contribution >= 0.6 is 0 Å². The van der Waals surface area contributed by atoms with Crippen LogP contribution in [0.4, 0.5) is 0 Å². The highest BCUT2D eigenvalue weighted by Crippen LogP contribution is 2.59. The summed E-state index contributed by atoms with van der Waals surface area (Å²) >= 11 is 0. The van der Waals surface area contributed by atoms with Crippen LogP contribution in [-0.2, 0) is 17.8 Å². The number of nitrogens with one attached hydrogen (secondary N) is 1. The van der Waals surface area contributed by atoms with Gasteiger partial charge in [-0.1, -0.05) is 48.5 Å². The number of nitrogens with zero attached hydrogens (tertiary/aromatic N) is 2. The van der Waals surface area contributed by atoms with Crippen LogP contribution in [0.25, 0.3) is 11.1 Å². The number of benzene rings is 2. The molecule has 4 heteroatoms. The Hall–Kier alpha value is -2.98. The van der Waals surface area contributed by atoms with Crippen LogP contribution in [0.1, 0.15) is 42.4 Å². The smallest absolute Gasteiger partial charge is 0.223 e. The number of carbonyl (C=O) groups excluding carboxylic acids is 1. The number of aromatic nitrogens is 1. The molecule has 1 aromatic heterocycles. The standard InChI is InChI=1S/C30H35N3O/c1-23-5-2-3-7-27(23)26-10-8-25(9-11-26)22-33-19-14-30(15-20-33)21-28(30)29(34)32-16-4-6-24-12-17-31-18-13-24/h2-3,5,7-13,17-18,28H,4,6,14-16,19-22H2,1H3,(H,32,34)/t28-/m0/s1. The van der Waals surface area contributed by atoms with Crippen LogP contribution in [0.3, 0.4) is 0 Å². The molecule has 2 aromatic carbocycles. The molecule has 1 saturated carbocycles. The predicted octanol–water partition coefficient (Wildman–Crippen LogP) is 5.41. The van der Waals surface area contributed by atoms with Gasteiger partial charge in [0.2, 0.25) is 5.91 Å². The Morgan fingerprint density at radius 1 is 1.00 bits per heavy atom. The van der Waals surface area contributed by atoms with Crippen LogP contribution in [0.2, 0.25) is 0 Å². The predicted molar refractivity (Wildman–Crippen MR) is 137 cm³/mol. The summed E-state index contributed by atoms with van der Waals surface area (Å²) in [6.07, 6.45) is 8.98. The van der Waals surface area contributed by atoms with Crippen molar-refractivity contribution in [1.82, 2.24) is 15.2 Å². The normalized spacial score (nSPS) is 19.1. The first-order valence-corrected chi connectivity index (χ1v) is 12.7. The van der Waals surface area contributed by atoms with Crippen molar-refractivity contribution >= 4 is 5.91 Å². The minimum atomic E-state index is 0.226. The van der Waals surface area contributed by atoms with Gasteiger partial charge in [0.05, 0.1) is 0 Å². The Bertz CT molecular complexity index is 1100. The molecule has 0 radical (unpaired) electrons. The van der Waals surface area contributed by atoms with E-state index in [4.69, 9.17) is 0 Å². The molecule has 0 unspecified atom stereocenters. The molecule has 2 fully saturated rings. The van der Waals surface area contributed by atoms with E-state index in [1.54, 1.807) is 0 Å². The highest BCUT2D eigenvalue weighted by atomic mass is 16.2. The molecule has 1 spiro atoms. The zero-order valence-corrected chi connectivity index (χ0v) is 20.2. The maximum absolute atomic E-state index is 12.7. The molecule has 2 aliphatic rings. The fourth-order valence-corrected chi connectivity index (χ4v) is 5.55. The second kappa shape index (κ2) is 10.1. The van der Waals surface area contributed by atoms with E-state index < -0.39 is 0 Å². The monoisotopic (exact) mass is 453 g/mol. The van der Waals surface area contributed by atoms with E-state index in [2.05, 4.69) is 70.7 Å². The van der Waals surface area contributed by atoms with Crippen LogP contribution in [0.5, 0.6) is 0 Å². The molecule has 1 aliphatic heterocycles. The van der Waals surface area contributed by atoms with Crippen molar-refractivity contribution in [2.45, 2.75) is 45.6 Å². The Balaban J connectivity index is 1.05. The SMILES string of the molecule is Cc1ccccc1-c1ccc(CN2CCC3(CC2)C[C@H]3C(=O)NCCCc2ccncc2)cc1. The average Bonchev–Trinajstić information content (AvgIpc) is 3.58. The van der Waals surface area contributed by atoms with Gasteiger partial charge in [-0.25, -0.2) is 0 Å². The fourth-order valence-electron chi connectivity index (χ4n) is 5.55. The van der Waals surface area contributed by atoms with Crippen molar-refractivity contribution in [3.8, 4) is 11.1 Å². The number of hydrogen-bond donors (Lipinski definition) is 1. The molecule has 1 amide bonds. The lowest BCUT2D eigenvalue weighted by Gasteiger charge is -2.32. The first-order chi connectivity index (χ1) is 16.6. The summed E-state index contributed by atoms with van der Waals surface area (Å²) in [5, 5.41) is 3.19. The van der Waals surface area contributed by atoms with E-state index in [0.717, 1.165) is 58.3 Å². The van der Waals surface area contributed by atoms with E-state index in [1.807, 2.05) is 24.5 Å². The third-order valence-electron chi connectivity index (χ3n) is 7.87. The molecule has 176 valence electrons. The minimum absolute atomic E-state index is 0.226. The molecule has 1 N–H and O–H groups in total. The van der Waals surface area contributed by atoms with Crippen molar-refractivity contribution < 1.29 is 4.79 Å². The van der Waals surface area contributed by atoms with Gasteiger partial charge in [0.15, 0.2) is 0 Å². The lowest BCUT2D eigenvalue weighted by atomic mass is 9.90. The zero-order valence-electron chi connectivity index (χ0n) is 20.2. The number of rotatable bonds is 8. The van der Waals surface area contributed by atoms with Gasteiger partial charge in [-0.05, 0) is 97.5 Å². The molecule has 0 bridgehead atoms. The Morgan fingerprint density at radius 3 is 2.47 bits per heavy atom. The summed E-state index contributed by atoms with van der Waals surface area (Å²) in [5.41, 5.74) is 6.82. The van der Waals surface area contributed by atoms with E-state index in [9.17, 15) is 4.79 Å². The lowest BCUT2D eigenvalue weighted by Crippen LogP contribution is -2.37. The summed E-state index contributed by atoms with van der Waals surface area (Å²) < 4.78 is 0. The number of pyridine rings is 1. The molecule has 3 aromatic rings. The maximum Gasteiger partial charge on any atom is 0.223 e. The van der Waals surface area contributed by atoms with Crippen molar-refractivity contribution in [2.24, 2.45) is 11.3 Å². The van der Waals surface area contributed by atoms with Crippen molar-refractivity contribution in [3.63, 3.8) is 0 Å². The summed E-state index contributed by atoms with van der Waals surface area (Å²) in [6.45, 7) is 6.10. The van der Waals surface area contributed by atoms with E-state index >= 15 is 0 Å². The second-order valence-corrected chi connectivity index (χ2v) is 10.2. The van der Waals surface area contributed by atoms with Crippen molar-refractivity contribution in [2.75, 3.05) is 19.6 Å². The average molecular weight is 454 g/mol. The van der Waals surface area contributed by atoms with Gasteiger partial charge in [0, 0.05) is 31.4 Å². The summed E-state index contributed by atoms with van der Waals surface area (Å²) in [5.74, 6) is 0.499. The summed E-state index contributed by atoms with van der Waals surface area (Å²) in [4.78, 5) is 19.3. The zero-order chi connectivity index (χ0) is 23.4. The van der Waals surface area contributed by atoms with Gasteiger partial charge in [0.25, 0.3) is 0 Å². The van der Waals surface area contributed by atoms with Crippen LogP contribution in [0, 0.1) is 18.3 Å². The molecular formula is C30H35N3O. The fraction of sp³-hybridized carbons (Fsp3) is 0.400. The van der Waals surface area contributed by atoms with Gasteiger partial charge in [-0.15, -0.1) is 0 Å². The number of amides is 1. The van der Waals surface area contributed by atoms with Gasteiger partial charge < -0.3 is 5.32 Å². The van der Waals surface area contributed by atoms with Crippen LogP contribution in [-0.4, -0.2) is 35.4 Å². The molecule has 34 heavy (non-hydrogen) atoms. The molecule has 1 saturated heterocycles. The van der Waals surface area contributed by atoms with Crippen LogP contribution in [0.15, 0.2) is 73.1 Å². The molecule has 4 nitrogen and oxygen atoms in total. The molecule has 1 aliphatic carbocycles. The van der Waals surface area contributed by atoms with Gasteiger partial charge in [0.1, 0.15) is 0 Å². The van der Waals surface area contributed by atoms with Crippen molar-refractivity contribution in [1.29, 1.82) is 0 Å². The van der Waals surface area contributed by atoms with Crippen LogP contribution < -0.4 is 5.32 Å². The largest absolute Gasteiger partial charge is 0.356 e. The van der Waals surface area contributed by atoms with Gasteiger partial charge in [-0.3, -0.25) is 14.7 Å². The topological polar surface area (TPSA) is 45.2 Å². The highest BCUT2D eigenvalue weighted by Gasteiger charge is 2.58. The van der Waals surface area contributed by atoms with Gasteiger partial charge >= 0.3 is 0 Å². The molecular weight excluding hydrogens is 418 g/mol. The number of hydrogen-bond acceptors (Lipinski definition) is 3. The third kappa shape index (κ3) is 5.23. The van der Waals surface area contributed by atoms with E-state index in [1.165, 1.54) is 27.8 Å². The number of aryl methyl sites for hydroxylation is 2. The van der Waals surface area contributed by atoms with Gasteiger partial charge in [-0.2, -0.15) is 0 Å². The highest BCUT2D eigenvalue weighted by molar-refractivity contribution is 5.82. The maximum atomic E-state index is 12.7. The van der Waals surface area contributed by atoms with E-state index in [-0.39, 0.29) is 17.2 Å². The number of likely N-dealkylation sites (tertiary alicyclic amines) is 1. The number of carbonyl (C=O) groups is 1. The molecule has 2 heterocycles. The number of piperidine rings is 1. The minimum Gasteiger partial charge on any atom is -0.356 e. The first kappa shape index (κ1) is 22.8. The Morgan fingerprint density at radius 2 is 1.74 bits per heavy atom. The quantitative estimate of drug-likeness (QED) is 0.464. The Kier molecular flexibility index (Phi) is 6.77. The lowest BCUT2D eigenvalue weighted by molar-refractivity contribution is -0.123. The Labute approximate surface area is 203 Å². The van der Waals surface area contributed by atoms with E-state index in [0.29, 0.717) is 0 Å². The summed E-state index contributed by atoms with van der Waals surface area (Å²) in [7, 11) is 0. The summed E-state index contributed by atoms with van der Waals surface area (Å²) in [6, 6.07) is 21.7. The molecule has 5 rings (SSSR count). The second-order valence-electron chi connectivity index (χ2n) is 10.2. The first-order valence-electron chi connectivity index (χ1n) is 12.7.